The molecule has 4 heteroatoms. The second-order valence-corrected chi connectivity index (χ2v) is 1.14. The van der Waals surface area contributed by atoms with E-state index in [4.69, 9.17) is 0 Å². The summed E-state index contributed by atoms with van der Waals surface area (Å²) in [6.07, 6.45) is 3.53. The Morgan fingerprint density at radius 3 is 2.50 bits per heavy atom. The van der Waals surface area contributed by atoms with Gasteiger partial charge in [-0.05, 0) is 0 Å². The van der Waals surface area contributed by atoms with E-state index in [1.54, 1.807) is 10.8 Å². The van der Waals surface area contributed by atoms with Gasteiger partial charge in [0.1, 0.15) is 6.20 Å². The lowest BCUT2D eigenvalue weighted by Crippen LogP contribution is -3.00. The lowest BCUT2D eigenvalue weighted by molar-refractivity contribution is -0.412. The van der Waals surface area contributed by atoms with Crippen LogP contribution < -0.4 is 12.4 Å². The predicted octanol–water partition coefficient (Wildman–Crippen LogP) is -2.60. The van der Waals surface area contributed by atoms with Crippen molar-refractivity contribution in [1.29, 1.82) is 0 Å². The molecular weight excluding hydrogens is 138 g/mol. The van der Waals surface area contributed by atoms with Crippen molar-refractivity contribution < 1.29 is 19.8 Å². The molecular formula is C4H9AlClN2. The van der Waals surface area contributed by atoms with Crippen molar-refractivity contribution >= 4 is 23.4 Å². The summed E-state index contributed by atoms with van der Waals surface area (Å²) in [6.45, 7) is 0. The highest BCUT2D eigenvalue weighted by Gasteiger charge is 1.87. The summed E-state index contributed by atoms with van der Waals surface area (Å²) < 4.78 is 1.76. The molecule has 1 aliphatic heterocycles. The molecule has 2 nitrogen and oxygen atoms in total. The van der Waals surface area contributed by atoms with Crippen molar-refractivity contribution in [1.82, 2.24) is 0 Å². The third-order valence-electron chi connectivity index (χ3n) is 0.580. The van der Waals surface area contributed by atoms with Crippen molar-refractivity contribution in [2.75, 3.05) is 7.05 Å². The number of hydrogen-bond acceptors (Lipinski definition) is 1. The highest BCUT2D eigenvalue weighted by Crippen LogP contribution is 1.77. The van der Waals surface area contributed by atoms with Crippen LogP contribution in [0, 0.1) is 0 Å². The molecule has 0 unspecified atom stereocenters. The first-order chi connectivity index (χ1) is 2.89. The standard InChI is InChI=1S/C4H5N2.Al.ClH.2H2/c1-6-3-2-5-4-6;;;;/h2-3H,1H3;;3*1H/q+1;;;;/p-1. The topological polar surface area (TPSA) is 15.4 Å². The van der Waals surface area contributed by atoms with Crippen LogP contribution in [-0.4, -0.2) is 35.0 Å². The molecule has 0 spiro atoms. The van der Waals surface area contributed by atoms with Gasteiger partial charge in [-0.3, -0.25) is 0 Å². The quantitative estimate of drug-likeness (QED) is 0.264. The lowest BCUT2D eigenvalue weighted by atomic mass is 10.9. The van der Waals surface area contributed by atoms with E-state index in [-0.39, 0.29) is 32.6 Å². The minimum Gasteiger partial charge on any atom is -1.00 e. The van der Waals surface area contributed by atoms with Crippen molar-refractivity contribution in [3.05, 3.63) is 12.4 Å². The first-order valence-corrected chi connectivity index (χ1v) is 1.74. The van der Waals surface area contributed by atoms with Gasteiger partial charge in [-0.2, -0.15) is 4.58 Å². The van der Waals surface area contributed by atoms with Gasteiger partial charge in [0.2, 0.25) is 0 Å². The zero-order valence-corrected chi connectivity index (χ0v) is 6.42. The van der Waals surface area contributed by atoms with Gasteiger partial charge in [-0.15, -0.1) is 0 Å². The molecule has 0 fully saturated rings. The summed E-state index contributed by atoms with van der Waals surface area (Å²) in [6, 6.07) is 2.67. The zero-order chi connectivity index (χ0) is 4.41. The second kappa shape index (κ2) is 5.09. The summed E-state index contributed by atoms with van der Waals surface area (Å²) in [5.74, 6) is 0. The normalized spacial score (nSPS) is 11.9. The minimum absolute atomic E-state index is 0. The lowest BCUT2D eigenvalue weighted by Gasteiger charge is -1.66. The molecule has 8 heavy (non-hydrogen) atoms. The summed E-state index contributed by atoms with van der Waals surface area (Å²) in [4.78, 5) is 3.66. The highest BCUT2D eigenvalue weighted by atomic mass is 35.5. The molecule has 0 atom stereocenters. The van der Waals surface area contributed by atoms with E-state index in [0.29, 0.717) is 0 Å². The van der Waals surface area contributed by atoms with Crippen molar-refractivity contribution in [3.63, 3.8) is 0 Å². The smallest absolute Gasteiger partial charge is 0.317 e. The molecule has 0 aliphatic carbocycles. The van der Waals surface area contributed by atoms with Gasteiger partial charge in [-0.25, -0.2) is 0 Å². The van der Waals surface area contributed by atoms with Crippen molar-refractivity contribution in [2.24, 2.45) is 4.99 Å². The SMILES string of the molecule is C[N+]1=C=NC=C1.[Al].[Cl-].[HH].[HH]. The van der Waals surface area contributed by atoms with E-state index in [0.717, 1.165) is 0 Å². The molecule has 0 N–H and O–H groups in total. The van der Waals surface area contributed by atoms with Gasteiger partial charge in [0.05, 0.1) is 7.05 Å². The molecule has 0 aromatic carbocycles. The van der Waals surface area contributed by atoms with Crippen molar-refractivity contribution in [3.8, 4) is 0 Å². The average Bonchev–Trinajstić information content (AvgIpc) is 1.86. The average molecular weight is 148 g/mol. The fraction of sp³-hybridized carbons (Fsp3) is 0.250. The molecule has 0 bridgehead atoms. The predicted molar refractivity (Wildman–Crippen MR) is 32.7 cm³/mol. The van der Waals surface area contributed by atoms with Crippen LogP contribution in [0.4, 0.5) is 0 Å². The van der Waals surface area contributed by atoms with E-state index in [9.17, 15) is 0 Å². The molecule has 0 saturated carbocycles. The Labute approximate surface area is 68.1 Å². The Morgan fingerprint density at radius 1 is 1.75 bits per heavy atom. The molecule has 0 aromatic heterocycles. The number of nitrogens with zero attached hydrogens (tertiary/aromatic N) is 2. The van der Waals surface area contributed by atoms with Gasteiger partial charge >= 0.3 is 6.01 Å². The monoisotopic (exact) mass is 147 g/mol. The van der Waals surface area contributed by atoms with Crippen LogP contribution in [0.15, 0.2) is 17.4 Å². The highest BCUT2D eigenvalue weighted by molar-refractivity contribution is 5.75. The number of rotatable bonds is 0. The molecule has 1 rings (SSSR count). The zero-order valence-electron chi connectivity index (χ0n) is 4.50. The molecule has 0 aromatic rings. The summed E-state index contributed by atoms with van der Waals surface area (Å²) in [5.41, 5.74) is 0. The molecule has 45 valence electrons. The molecule has 0 amide bonds. The molecule has 0 saturated heterocycles. The molecule has 1 heterocycles. The van der Waals surface area contributed by atoms with Crippen LogP contribution in [0.25, 0.3) is 0 Å². The Morgan fingerprint density at radius 2 is 2.38 bits per heavy atom. The van der Waals surface area contributed by atoms with E-state index in [1.807, 2.05) is 13.2 Å². The third kappa shape index (κ3) is 3.01. The van der Waals surface area contributed by atoms with Crippen LogP contribution in [0.3, 0.4) is 0 Å². The number of aliphatic imine (C=N–C) groups is 1. The summed E-state index contributed by atoms with van der Waals surface area (Å²) in [7, 11) is 1.88. The number of halogens is 1. The van der Waals surface area contributed by atoms with Gasteiger partial charge < -0.3 is 12.4 Å². The molecule has 1 aliphatic rings. The maximum absolute atomic E-state index is 3.66. The first kappa shape index (κ1) is 10.8. The number of hydrogen-bond donors (Lipinski definition) is 0. The third-order valence-corrected chi connectivity index (χ3v) is 0.580. The summed E-state index contributed by atoms with van der Waals surface area (Å²) in [5, 5.41) is 0. The molecule has 3 radical (unpaired) electrons. The van der Waals surface area contributed by atoms with Gasteiger partial charge in [0.25, 0.3) is 0 Å². The van der Waals surface area contributed by atoms with E-state index >= 15 is 0 Å². The maximum atomic E-state index is 3.66. The van der Waals surface area contributed by atoms with E-state index < -0.39 is 0 Å². The Hall–Kier alpha value is -0.0575. The van der Waals surface area contributed by atoms with E-state index in [2.05, 4.69) is 11.0 Å². The second-order valence-electron chi connectivity index (χ2n) is 1.14. The van der Waals surface area contributed by atoms with Crippen LogP contribution in [-0.2, 0) is 0 Å². The maximum Gasteiger partial charge on any atom is 0.317 e. The van der Waals surface area contributed by atoms with Gasteiger partial charge in [0.15, 0.2) is 6.20 Å². The van der Waals surface area contributed by atoms with Crippen LogP contribution in [0.5, 0.6) is 0 Å². The van der Waals surface area contributed by atoms with Crippen molar-refractivity contribution in [2.45, 2.75) is 0 Å². The van der Waals surface area contributed by atoms with Crippen LogP contribution >= 0.6 is 0 Å². The Bertz CT molecular complexity index is 153. The van der Waals surface area contributed by atoms with Crippen LogP contribution in [0.1, 0.15) is 2.85 Å². The fourth-order valence-corrected chi connectivity index (χ4v) is 0.291. The summed E-state index contributed by atoms with van der Waals surface area (Å²) >= 11 is 0. The first-order valence-electron chi connectivity index (χ1n) is 1.74. The van der Waals surface area contributed by atoms with Gasteiger partial charge in [-0.1, -0.05) is 0 Å². The van der Waals surface area contributed by atoms with Crippen LogP contribution in [0.2, 0.25) is 0 Å². The van der Waals surface area contributed by atoms with E-state index in [1.165, 1.54) is 0 Å². The largest absolute Gasteiger partial charge is 1.00 e. The Balaban J connectivity index is -0.0000000450. The minimum atomic E-state index is 0. The van der Waals surface area contributed by atoms with Gasteiger partial charge in [0, 0.05) is 25.2 Å². The Kier molecular flexibility index (Phi) is 6.89. The fourth-order valence-electron chi connectivity index (χ4n) is 0.291.